The van der Waals surface area contributed by atoms with Crippen LogP contribution in [0, 0.1) is 0 Å². The van der Waals surface area contributed by atoms with E-state index in [9.17, 15) is 9.59 Å². The number of hydrazone groups is 1. The molecule has 8 nitrogen and oxygen atoms in total. The first-order valence-corrected chi connectivity index (χ1v) is 10.8. The third-order valence-electron chi connectivity index (χ3n) is 4.75. The van der Waals surface area contributed by atoms with Crippen molar-refractivity contribution >= 4 is 56.9 Å². The summed E-state index contributed by atoms with van der Waals surface area (Å²) >= 11 is 9.79. The van der Waals surface area contributed by atoms with Gasteiger partial charge in [0.2, 0.25) is 5.95 Å². The number of H-pyrrole nitrogens is 1. The molecule has 0 aliphatic heterocycles. The van der Waals surface area contributed by atoms with Gasteiger partial charge in [0.25, 0.3) is 5.56 Å². The molecule has 0 bridgehead atoms. The highest BCUT2D eigenvalue weighted by Gasteiger charge is 2.18. The summed E-state index contributed by atoms with van der Waals surface area (Å²) in [6.45, 7) is 0.260. The van der Waals surface area contributed by atoms with Crippen LogP contribution in [-0.4, -0.2) is 25.3 Å². The lowest BCUT2D eigenvalue weighted by Gasteiger charge is -2.09. The fourth-order valence-electron chi connectivity index (χ4n) is 3.17. The number of benzene rings is 2. The second-order valence-electron chi connectivity index (χ2n) is 6.91. The number of anilines is 1. The minimum absolute atomic E-state index is 0.238. The van der Waals surface area contributed by atoms with E-state index in [1.165, 1.54) is 4.57 Å². The molecule has 0 saturated heterocycles. The number of nitrogens with one attached hydrogen (secondary N) is 2. The molecule has 2 aromatic heterocycles. The summed E-state index contributed by atoms with van der Waals surface area (Å²) < 4.78 is 3.65. The number of nitrogens with zero attached hydrogens (tertiary/aromatic N) is 4. The Morgan fingerprint density at radius 2 is 1.91 bits per heavy atom. The lowest BCUT2D eigenvalue weighted by Crippen LogP contribution is -2.29. The molecular weight excluding hydrogens is 496 g/mol. The Hall–Kier alpha value is -3.43. The molecule has 0 aliphatic carbocycles. The highest BCUT2D eigenvalue weighted by molar-refractivity contribution is 9.12. The van der Waals surface area contributed by atoms with Gasteiger partial charge in [-0.25, -0.2) is 10.2 Å². The molecule has 32 heavy (non-hydrogen) atoms. The van der Waals surface area contributed by atoms with E-state index < -0.39 is 11.2 Å². The van der Waals surface area contributed by atoms with Gasteiger partial charge in [0, 0.05) is 16.6 Å². The van der Waals surface area contributed by atoms with E-state index >= 15 is 0 Å². The van der Waals surface area contributed by atoms with Gasteiger partial charge in [0.1, 0.15) is 0 Å². The van der Waals surface area contributed by atoms with Crippen molar-refractivity contribution in [3.8, 4) is 0 Å². The molecule has 2 aromatic carbocycles. The van der Waals surface area contributed by atoms with Gasteiger partial charge in [0.15, 0.2) is 11.2 Å². The molecule has 4 rings (SSSR count). The molecule has 10 heteroatoms. The number of hydrogen-bond acceptors (Lipinski definition) is 5. The lowest BCUT2D eigenvalue weighted by molar-refractivity contribution is 0.808. The smallest absolute Gasteiger partial charge is 0.298 e. The Morgan fingerprint density at radius 1 is 1.19 bits per heavy atom. The number of rotatable bonds is 6. The molecule has 0 spiro atoms. The molecule has 0 amide bonds. The van der Waals surface area contributed by atoms with E-state index in [1.807, 2.05) is 54.6 Å². The molecule has 0 fully saturated rings. The highest BCUT2D eigenvalue weighted by Crippen LogP contribution is 2.22. The number of fused-ring (bicyclic) bond motifs is 1. The first kappa shape index (κ1) is 21.8. The third kappa shape index (κ3) is 4.58. The van der Waals surface area contributed by atoms with Crippen molar-refractivity contribution in [2.75, 3.05) is 5.43 Å². The van der Waals surface area contributed by atoms with Crippen molar-refractivity contribution in [1.29, 1.82) is 0 Å². The number of aromatic amines is 1. The Balaban J connectivity index is 1.73. The first-order valence-electron chi connectivity index (χ1n) is 9.58. The molecule has 0 aliphatic rings. The van der Waals surface area contributed by atoms with Crippen LogP contribution in [0.15, 0.2) is 73.8 Å². The molecule has 2 heterocycles. The first-order chi connectivity index (χ1) is 15.4. The molecule has 2 N–H and O–H groups in total. The maximum atomic E-state index is 12.6. The van der Waals surface area contributed by atoms with Gasteiger partial charge in [-0.3, -0.25) is 18.9 Å². The number of aromatic nitrogens is 4. The van der Waals surface area contributed by atoms with Crippen molar-refractivity contribution in [3.05, 3.63) is 96.1 Å². The molecule has 0 saturated carbocycles. The van der Waals surface area contributed by atoms with Gasteiger partial charge >= 0.3 is 5.69 Å². The molecule has 0 atom stereocenters. The number of hydrogen-bond donors (Lipinski definition) is 2. The number of allylic oxidation sites excluding steroid dienone is 1. The van der Waals surface area contributed by atoms with Crippen LogP contribution in [0.4, 0.5) is 5.95 Å². The summed E-state index contributed by atoms with van der Waals surface area (Å²) in [5, 5.41) is 4.79. The van der Waals surface area contributed by atoms with Gasteiger partial charge in [-0.15, -0.1) is 0 Å². The van der Waals surface area contributed by atoms with Crippen molar-refractivity contribution in [2.24, 2.45) is 12.1 Å². The Morgan fingerprint density at radius 3 is 2.66 bits per heavy atom. The monoisotopic (exact) mass is 512 g/mol. The summed E-state index contributed by atoms with van der Waals surface area (Å²) in [7, 11) is 1.54. The van der Waals surface area contributed by atoms with Crippen molar-refractivity contribution < 1.29 is 0 Å². The van der Waals surface area contributed by atoms with E-state index in [1.54, 1.807) is 23.9 Å². The second-order valence-corrected chi connectivity index (χ2v) is 8.24. The fourth-order valence-corrected chi connectivity index (χ4v) is 3.73. The van der Waals surface area contributed by atoms with Crippen LogP contribution in [0.5, 0.6) is 0 Å². The van der Waals surface area contributed by atoms with Crippen molar-refractivity contribution in [1.82, 2.24) is 19.1 Å². The van der Waals surface area contributed by atoms with E-state index in [-0.39, 0.29) is 17.7 Å². The zero-order chi connectivity index (χ0) is 22.7. The summed E-state index contributed by atoms with van der Waals surface area (Å²) in [5.74, 6) is 0.294. The van der Waals surface area contributed by atoms with Crippen LogP contribution in [0.25, 0.3) is 17.2 Å². The van der Waals surface area contributed by atoms with Crippen LogP contribution in [0.1, 0.15) is 11.1 Å². The minimum Gasteiger partial charge on any atom is -0.298 e. The standard InChI is InChI=1S/C22H18BrClN6O2/c1-29-19-18(20(31)27-22(29)32)30(13-15-9-5-6-10-17(15)24)21(26-19)28-25-12-16(23)11-14-7-3-2-4-8-14/h2-12H,13H2,1H3,(H,26,28)(H,27,31,32)/b16-11-,25-12-. The normalized spacial score (nSPS) is 12.0. The molecule has 4 aromatic rings. The van der Waals surface area contributed by atoms with E-state index in [4.69, 9.17) is 11.6 Å². The molecular formula is C22H18BrClN6O2. The molecule has 162 valence electrons. The predicted octanol–water partition coefficient (Wildman–Crippen LogP) is 3.96. The zero-order valence-electron chi connectivity index (χ0n) is 16.9. The van der Waals surface area contributed by atoms with Gasteiger partial charge in [-0.1, -0.05) is 60.1 Å². The van der Waals surface area contributed by atoms with Crippen molar-refractivity contribution in [3.63, 3.8) is 0 Å². The summed E-state index contributed by atoms with van der Waals surface area (Å²) in [6.07, 6.45) is 3.49. The summed E-state index contributed by atoms with van der Waals surface area (Å²) in [5.41, 5.74) is 4.07. The van der Waals surface area contributed by atoms with Crippen LogP contribution in [0.2, 0.25) is 5.02 Å². The average Bonchev–Trinajstić information content (AvgIpc) is 3.13. The predicted molar refractivity (Wildman–Crippen MR) is 132 cm³/mol. The summed E-state index contributed by atoms with van der Waals surface area (Å²) in [6, 6.07) is 17.1. The third-order valence-corrected chi connectivity index (χ3v) is 5.55. The van der Waals surface area contributed by atoms with Crippen LogP contribution in [-0.2, 0) is 13.6 Å². The maximum absolute atomic E-state index is 12.6. The Labute approximate surface area is 196 Å². The van der Waals surface area contributed by atoms with E-state index in [2.05, 4.69) is 36.4 Å². The topological polar surface area (TPSA) is 97.1 Å². The van der Waals surface area contributed by atoms with E-state index in [0.29, 0.717) is 11.0 Å². The maximum Gasteiger partial charge on any atom is 0.329 e. The van der Waals surface area contributed by atoms with Crippen LogP contribution < -0.4 is 16.7 Å². The zero-order valence-corrected chi connectivity index (χ0v) is 19.3. The molecule has 0 unspecified atom stereocenters. The minimum atomic E-state index is -0.548. The van der Waals surface area contributed by atoms with Crippen LogP contribution >= 0.6 is 27.5 Å². The highest BCUT2D eigenvalue weighted by atomic mass is 79.9. The van der Waals surface area contributed by atoms with Crippen LogP contribution in [0.3, 0.4) is 0 Å². The second kappa shape index (κ2) is 9.37. The lowest BCUT2D eigenvalue weighted by atomic mass is 10.2. The fraction of sp³-hybridized carbons (Fsp3) is 0.0909. The van der Waals surface area contributed by atoms with E-state index in [0.717, 1.165) is 15.6 Å². The van der Waals surface area contributed by atoms with Gasteiger partial charge < -0.3 is 0 Å². The number of imidazole rings is 1. The van der Waals surface area contributed by atoms with Crippen molar-refractivity contribution in [2.45, 2.75) is 6.54 Å². The Bertz CT molecular complexity index is 1450. The summed E-state index contributed by atoms with van der Waals surface area (Å²) in [4.78, 5) is 31.4. The molecule has 0 radical (unpaired) electrons. The quantitative estimate of drug-likeness (QED) is 0.301. The average molecular weight is 514 g/mol. The van der Waals surface area contributed by atoms with Gasteiger partial charge in [0.05, 0.1) is 12.8 Å². The SMILES string of the molecule is Cn1c(=O)[nH]c(=O)c2c1nc(N/N=C\C(Br)=C\c1ccccc1)n2Cc1ccccc1Cl. The number of aryl methyl sites for hydroxylation is 1. The van der Waals surface area contributed by atoms with Gasteiger partial charge in [-0.2, -0.15) is 10.1 Å². The Kier molecular flexibility index (Phi) is 6.38. The largest absolute Gasteiger partial charge is 0.329 e. The van der Waals surface area contributed by atoms with Gasteiger partial charge in [-0.05, 0) is 39.2 Å². The number of halogens is 2.